The molecule has 180 valence electrons. The summed E-state index contributed by atoms with van der Waals surface area (Å²) in [6, 6.07) is 11.5. The average Bonchev–Trinajstić information content (AvgIpc) is 2.74. The van der Waals surface area contributed by atoms with E-state index in [9.17, 15) is 27.9 Å². The summed E-state index contributed by atoms with van der Waals surface area (Å²) in [7, 11) is 0. The van der Waals surface area contributed by atoms with Gasteiger partial charge >= 0.3 is 12.1 Å². The molecule has 0 saturated carbocycles. The largest absolute Gasteiger partial charge is 0.487 e. The van der Waals surface area contributed by atoms with Crippen LogP contribution in [-0.2, 0) is 17.6 Å². The Morgan fingerprint density at radius 3 is 2.21 bits per heavy atom. The Kier molecular flexibility index (Phi) is 7.12. The third kappa shape index (κ3) is 5.80. The molecule has 0 unspecified atom stereocenters. The number of carboxylic acids is 1. The number of alkyl halides is 3. The summed E-state index contributed by atoms with van der Waals surface area (Å²) in [6.45, 7) is 4.95. The second-order valence-electron chi connectivity index (χ2n) is 8.90. The number of ether oxygens (including phenoxy) is 1. The minimum atomic E-state index is -4.45. The van der Waals surface area contributed by atoms with Crippen molar-refractivity contribution in [2.24, 2.45) is 5.41 Å². The molecule has 0 heterocycles. The highest BCUT2D eigenvalue weighted by Crippen LogP contribution is 2.34. The third-order valence-electron chi connectivity index (χ3n) is 5.23. The van der Waals surface area contributed by atoms with Crippen LogP contribution in [0.15, 0.2) is 54.6 Å². The van der Waals surface area contributed by atoms with Gasteiger partial charge in [0.2, 0.25) is 0 Å². The SMILES string of the molecule is CC(C)(C)[C@@H](NC(=O)c1ccc2ccc(Cl)cc2c1OCc1ccc(C(F)(F)F)cc1)C(=O)O. The van der Waals surface area contributed by atoms with Crippen LogP contribution in [0.4, 0.5) is 13.2 Å². The molecule has 2 N–H and O–H groups in total. The number of carbonyl (C=O) groups excluding carboxylic acids is 1. The van der Waals surface area contributed by atoms with Gasteiger partial charge in [-0.1, -0.05) is 56.6 Å². The lowest BCUT2D eigenvalue weighted by atomic mass is 9.86. The van der Waals surface area contributed by atoms with E-state index in [1.54, 1.807) is 45.0 Å². The molecule has 3 aromatic rings. The molecule has 34 heavy (non-hydrogen) atoms. The number of carbonyl (C=O) groups is 2. The standard InChI is InChI=1S/C25H23ClF3NO4/c1-24(2,3)21(23(32)33)30-22(31)18-11-7-15-6-10-17(26)12-19(15)20(18)34-13-14-4-8-16(9-5-14)25(27,28)29/h4-12,21H,13H2,1-3H3,(H,30,31)(H,32,33)/t21-/m0/s1. The number of fused-ring (bicyclic) bond motifs is 1. The third-order valence-corrected chi connectivity index (χ3v) is 5.47. The van der Waals surface area contributed by atoms with Crippen molar-refractivity contribution in [2.45, 2.75) is 39.6 Å². The van der Waals surface area contributed by atoms with Crippen LogP contribution in [0.3, 0.4) is 0 Å². The maximum atomic E-state index is 13.1. The first kappa shape index (κ1) is 25.4. The lowest BCUT2D eigenvalue weighted by Crippen LogP contribution is -2.49. The first-order chi connectivity index (χ1) is 15.8. The highest BCUT2D eigenvalue weighted by molar-refractivity contribution is 6.31. The van der Waals surface area contributed by atoms with Crippen molar-refractivity contribution in [2.75, 3.05) is 0 Å². The maximum Gasteiger partial charge on any atom is 0.416 e. The molecule has 1 amide bonds. The van der Waals surface area contributed by atoms with Crippen molar-refractivity contribution in [3.05, 3.63) is 76.3 Å². The van der Waals surface area contributed by atoms with Crippen LogP contribution in [0, 0.1) is 5.41 Å². The van der Waals surface area contributed by atoms with E-state index in [-0.39, 0.29) is 17.9 Å². The zero-order chi connectivity index (χ0) is 25.3. The van der Waals surface area contributed by atoms with E-state index in [0.717, 1.165) is 12.1 Å². The normalized spacial score (nSPS) is 12.9. The molecule has 0 aliphatic carbocycles. The molecule has 0 saturated heterocycles. The number of nitrogens with one attached hydrogen (secondary N) is 1. The fraction of sp³-hybridized carbons (Fsp3) is 0.280. The summed E-state index contributed by atoms with van der Waals surface area (Å²) < 4.78 is 44.4. The minimum absolute atomic E-state index is 0.0807. The fourth-order valence-corrected chi connectivity index (χ4v) is 3.57. The van der Waals surface area contributed by atoms with E-state index in [0.29, 0.717) is 21.4 Å². The summed E-state index contributed by atoms with van der Waals surface area (Å²) in [5.41, 5.74) is -1.01. The molecule has 0 aliphatic heterocycles. The predicted octanol–water partition coefficient (Wildman–Crippen LogP) is 6.32. The van der Waals surface area contributed by atoms with Crippen LogP contribution in [0.25, 0.3) is 10.8 Å². The Morgan fingerprint density at radius 2 is 1.65 bits per heavy atom. The summed E-state index contributed by atoms with van der Waals surface area (Å²) in [5, 5.41) is 13.7. The van der Waals surface area contributed by atoms with E-state index in [1.165, 1.54) is 18.2 Å². The van der Waals surface area contributed by atoms with Gasteiger partial charge in [-0.25, -0.2) is 4.79 Å². The van der Waals surface area contributed by atoms with Crippen LogP contribution in [0.5, 0.6) is 5.75 Å². The highest BCUT2D eigenvalue weighted by atomic mass is 35.5. The predicted molar refractivity (Wildman–Crippen MR) is 123 cm³/mol. The molecule has 5 nitrogen and oxygen atoms in total. The zero-order valence-corrected chi connectivity index (χ0v) is 19.4. The molecular formula is C25H23ClF3NO4. The molecular weight excluding hydrogens is 471 g/mol. The van der Waals surface area contributed by atoms with Crippen molar-refractivity contribution in [3.8, 4) is 5.75 Å². The van der Waals surface area contributed by atoms with E-state index < -0.39 is 35.1 Å². The maximum absolute atomic E-state index is 13.1. The number of hydrogen-bond acceptors (Lipinski definition) is 3. The Bertz CT molecular complexity index is 1220. The topological polar surface area (TPSA) is 75.6 Å². The van der Waals surface area contributed by atoms with E-state index in [2.05, 4.69) is 5.32 Å². The molecule has 0 fully saturated rings. The number of benzene rings is 3. The first-order valence-corrected chi connectivity index (χ1v) is 10.7. The van der Waals surface area contributed by atoms with Crippen LogP contribution in [-0.4, -0.2) is 23.0 Å². The smallest absolute Gasteiger partial charge is 0.416 e. The van der Waals surface area contributed by atoms with Crippen molar-refractivity contribution in [1.82, 2.24) is 5.32 Å². The Morgan fingerprint density at radius 1 is 1.03 bits per heavy atom. The number of halogens is 4. The molecule has 9 heteroatoms. The second-order valence-corrected chi connectivity index (χ2v) is 9.34. The lowest BCUT2D eigenvalue weighted by molar-refractivity contribution is -0.142. The summed E-state index contributed by atoms with van der Waals surface area (Å²) in [5.74, 6) is -1.70. The summed E-state index contributed by atoms with van der Waals surface area (Å²) in [4.78, 5) is 24.8. The van der Waals surface area contributed by atoms with Crippen molar-refractivity contribution in [3.63, 3.8) is 0 Å². The number of carboxylic acid groups (broad SMARTS) is 1. The Hall–Kier alpha value is -3.26. The van der Waals surface area contributed by atoms with Gasteiger partial charge in [-0.15, -0.1) is 0 Å². The number of amides is 1. The number of aliphatic carboxylic acids is 1. The van der Waals surface area contributed by atoms with Gasteiger partial charge in [-0.3, -0.25) is 4.79 Å². The van der Waals surface area contributed by atoms with Crippen molar-refractivity contribution in [1.29, 1.82) is 0 Å². The van der Waals surface area contributed by atoms with Crippen LogP contribution in [0.1, 0.15) is 42.3 Å². The van der Waals surface area contributed by atoms with E-state index in [1.807, 2.05) is 0 Å². The van der Waals surface area contributed by atoms with Crippen molar-refractivity contribution >= 4 is 34.2 Å². The monoisotopic (exact) mass is 493 g/mol. The molecule has 1 atom stereocenters. The molecule has 3 rings (SSSR count). The molecule has 0 radical (unpaired) electrons. The molecule has 0 aromatic heterocycles. The molecule has 0 bridgehead atoms. The van der Waals surface area contributed by atoms with Crippen LogP contribution < -0.4 is 10.1 Å². The van der Waals surface area contributed by atoms with Gasteiger partial charge in [-0.2, -0.15) is 13.2 Å². The van der Waals surface area contributed by atoms with Gasteiger partial charge in [0.1, 0.15) is 18.4 Å². The Balaban J connectivity index is 1.98. The van der Waals surface area contributed by atoms with Gasteiger partial charge in [0, 0.05) is 10.4 Å². The Labute approximate surface area is 199 Å². The second kappa shape index (κ2) is 9.54. The zero-order valence-electron chi connectivity index (χ0n) is 18.7. The highest BCUT2D eigenvalue weighted by Gasteiger charge is 2.34. The average molecular weight is 494 g/mol. The van der Waals surface area contributed by atoms with E-state index in [4.69, 9.17) is 16.3 Å². The minimum Gasteiger partial charge on any atom is -0.487 e. The number of hydrogen-bond donors (Lipinski definition) is 2. The quantitative estimate of drug-likeness (QED) is 0.421. The molecule has 3 aromatic carbocycles. The van der Waals surface area contributed by atoms with Crippen molar-refractivity contribution < 1.29 is 32.6 Å². The van der Waals surface area contributed by atoms with E-state index >= 15 is 0 Å². The van der Waals surface area contributed by atoms with Gasteiger partial charge in [0.25, 0.3) is 5.91 Å². The van der Waals surface area contributed by atoms with Gasteiger partial charge in [0.05, 0.1) is 11.1 Å². The molecule has 0 aliphatic rings. The summed E-state index contributed by atoms with van der Waals surface area (Å²) in [6.07, 6.45) is -4.45. The fourth-order valence-electron chi connectivity index (χ4n) is 3.40. The molecule has 0 spiro atoms. The first-order valence-electron chi connectivity index (χ1n) is 10.3. The number of rotatable bonds is 6. The van der Waals surface area contributed by atoms with Crippen LogP contribution >= 0.6 is 11.6 Å². The van der Waals surface area contributed by atoms with Gasteiger partial charge in [0.15, 0.2) is 0 Å². The van der Waals surface area contributed by atoms with Crippen LogP contribution in [0.2, 0.25) is 5.02 Å². The lowest BCUT2D eigenvalue weighted by Gasteiger charge is -2.28. The van der Waals surface area contributed by atoms with Gasteiger partial charge < -0.3 is 15.2 Å². The van der Waals surface area contributed by atoms with Gasteiger partial charge in [-0.05, 0) is 46.7 Å². The summed E-state index contributed by atoms with van der Waals surface area (Å²) >= 11 is 6.15.